The number of nitrogens with one attached hydrogen (secondary N) is 2. The van der Waals surface area contributed by atoms with Crippen LogP contribution in [0.3, 0.4) is 0 Å². The van der Waals surface area contributed by atoms with Gasteiger partial charge in [0.1, 0.15) is 5.75 Å². The first-order valence-electron chi connectivity index (χ1n) is 8.34. The number of nitrogens with zero attached hydrogens (tertiary/aromatic N) is 1. The van der Waals surface area contributed by atoms with Gasteiger partial charge in [-0.3, -0.25) is 9.59 Å². The van der Waals surface area contributed by atoms with Crippen molar-refractivity contribution in [3.63, 3.8) is 0 Å². The van der Waals surface area contributed by atoms with Gasteiger partial charge in [0.2, 0.25) is 17.7 Å². The van der Waals surface area contributed by atoms with Crippen LogP contribution in [0.4, 0.5) is 0 Å². The molecular formula is C19H21N3O3. The van der Waals surface area contributed by atoms with Crippen molar-refractivity contribution in [3.8, 4) is 11.6 Å². The molecule has 0 aliphatic heterocycles. The standard InChI is InChI=1S/C19H21N3O3/c1-13-9-16(13)19(24)22-12-17(23)21-11-14-7-8-20-18(10-14)25-15-5-3-2-4-6-15/h2-8,10,13,16H,9,11-12H2,1H3,(H,21,23)(H,22,24)/t13-,16-/m1/s1. The van der Waals surface area contributed by atoms with Crippen molar-refractivity contribution in [2.75, 3.05) is 6.54 Å². The lowest BCUT2D eigenvalue weighted by molar-refractivity contribution is -0.127. The van der Waals surface area contributed by atoms with Gasteiger partial charge in [0.25, 0.3) is 0 Å². The van der Waals surface area contributed by atoms with E-state index in [0.29, 0.717) is 24.1 Å². The topological polar surface area (TPSA) is 80.3 Å². The van der Waals surface area contributed by atoms with E-state index >= 15 is 0 Å². The Morgan fingerprint density at radius 3 is 2.68 bits per heavy atom. The van der Waals surface area contributed by atoms with E-state index in [-0.39, 0.29) is 24.3 Å². The number of carbonyl (C=O) groups is 2. The maximum Gasteiger partial charge on any atom is 0.239 e. The number of ether oxygens (including phenoxy) is 1. The Morgan fingerprint density at radius 2 is 1.96 bits per heavy atom. The fourth-order valence-electron chi connectivity index (χ4n) is 2.47. The molecule has 0 unspecified atom stereocenters. The Morgan fingerprint density at radius 1 is 1.20 bits per heavy atom. The average molecular weight is 339 g/mol. The van der Waals surface area contributed by atoms with E-state index in [9.17, 15) is 9.59 Å². The molecule has 2 aromatic rings. The number of aromatic nitrogens is 1. The van der Waals surface area contributed by atoms with Gasteiger partial charge in [0.05, 0.1) is 6.54 Å². The maximum atomic E-state index is 11.8. The van der Waals surface area contributed by atoms with Gasteiger partial charge < -0.3 is 15.4 Å². The number of rotatable bonds is 7. The van der Waals surface area contributed by atoms with Gasteiger partial charge in [0.15, 0.2) is 0 Å². The molecule has 0 saturated heterocycles. The fourth-order valence-corrected chi connectivity index (χ4v) is 2.47. The summed E-state index contributed by atoms with van der Waals surface area (Å²) in [5, 5.41) is 5.45. The second-order valence-electron chi connectivity index (χ2n) is 6.23. The highest BCUT2D eigenvalue weighted by atomic mass is 16.5. The highest BCUT2D eigenvalue weighted by Crippen LogP contribution is 2.37. The first-order valence-corrected chi connectivity index (χ1v) is 8.34. The molecule has 2 N–H and O–H groups in total. The lowest BCUT2D eigenvalue weighted by atomic mass is 10.2. The van der Waals surface area contributed by atoms with E-state index in [1.54, 1.807) is 12.3 Å². The highest BCUT2D eigenvalue weighted by molar-refractivity contribution is 5.87. The summed E-state index contributed by atoms with van der Waals surface area (Å²) >= 11 is 0. The molecule has 1 fully saturated rings. The molecule has 2 atom stereocenters. The lowest BCUT2D eigenvalue weighted by Crippen LogP contribution is -2.37. The van der Waals surface area contributed by atoms with E-state index < -0.39 is 0 Å². The summed E-state index contributed by atoms with van der Waals surface area (Å²) in [6.07, 6.45) is 2.55. The molecule has 1 heterocycles. The molecule has 0 radical (unpaired) electrons. The average Bonchev–Trinajstić information content (AvgIpc) is 3.36. The van der Waals surface area contributed by atoms with Crippen molar-refractivity contribution in [2.24, 2.45) is 11.8 Å². The first kappa shape index (κ1) is 17.0. The van der Waals surface area contributed by atoms with E-state index in [0.717, 1.165) is 12.0 Å². The molecule has 1 aliphatic carbocycles. The van der Waals surface area contributed by atoms with Crippen LogP contribution in [0.15, 0.2) is 48.7 Å². The van der Waals surface area contributed by atoms with Gasteiger partial charge in [-0.2, -0.15) is 0 Å². The Balaban J connectivity index is 1.45. The first-order chi connectivity index (χ1) is 12.1. The number of benzene rings is 1. The molecule has 1 aromatic carbocycles. The predicted octanol–water partition coefficient (Wildman–Crippen LogP) is 2.26. The molecule has 3 rings (SSSR count). The minimum Gasteiger partial charge on any atom is -0.439 e. The monoisotopic (exact) mass is 339 g/mol. The van der Waals surface area contributed by atoms with Crippen LogP contribution >= 0.6 is 0 Å². The quantitative estimate of drug-likeness (QED) is 0.811. The summed E-state index contributed by atoms with van der Waals surface area (Å²) in [4.78, 5) is 27.7. The molecule has 1 aliphatic rings. The molecule has 0 spiro atoms. The maximum absolute atomic E-state index is 11.8. The highest BCUT2D eigenvalue weighted by Gasteiger charge is 2.38. The molecule has 25 heavy (non-hydrogen) atoms. The molecule has 6 nitrogen and oxygen atoms in total. The van der Waals surface area contributed by atoms with E-state index in [1.165, 1.54) is 0 Å². The number of para-hydroxylation sites is 1. The minimum absolute atomic E-state index is 0.000505. The van der Waals surface area contributed by atoms with Crippen molar-refractivity contribution < 1.29 is 14.3 Å². The lowest BCUT2D eigenvalue weighted by Gasteiger charge is -2.08. The van der Waals surface area contributed by atoms with E-state index in [2.05, 4.69) is 15.6 Å². The molecule has 6 heteroatoms. The number of hydrogen-bond acceptors (Lipinski definition) is 4. The van der Waals surface area contributed by atoms with Crippen LogP contribution in [0.2, 0.25) is 0 Å². The summed E-state index contributed by atoms with van der Waals surface area (Å²) in [5.41, 5.74) is 0.872. The Labute approximate surface area is 146 Å². The van der Waals surface area contributed by atoms with Crippen molar-refractivity contribution in [2.45, 2.75) is 19.9 Å². The minimum atomic E-state index is -0.219. The number of carbonyl (C=O) groups excluding carboxylic acids is 2. The van der Waals surface area contributed by atoms with Crippen LogP contribution < -0.4 is 15.4 Å². The molecule has 1 saturated carbocycles. The number of amides is 2. The summed E-state index contributed by atoms with van der Waals surface area (Å²) in [6.45, 7) is 2.38. The molecule has 130 valence electrons. The Kier molecular flexibility index (Phi) is 5.28. The predicted molar refractivity (Wildman–Crippen MR) is 92.9 cm³/mol. The van der Waals surface area contributed by atoms with Crippen molar-refractivity contribution >= 4 is 11.8 Å². The normalized spacial score (nSPS) is 18.3. The summed E-state index contributed by atoms with van der Waals surface area (Å²) in [5.74, 6) is 1.42. The van der Waals surface area contributed by atoms with Crippen molar-refractivity contribution in [3.05, 3.63) is 54.2 Å². The summed E-state index contributed by atoms with van der Waals surface area (Å²) in [6, 6.07) is 13.0. The van der Waals surface area contributed by atoms with E-state index in [1.807, 2.05) is 43.3 Å². The third kappa shape index (κ3) is 5.04. The smallest absolute Gasteiger partial charge is 0.239 e. The zero-order valence-corrected chi connectivity index (χ0v) is 14.1. The van der Waals surface area contributed by atoms with Crippen LogP contribution in [-0.2, 0) is 16.1 Å². The molecule has 0 bridgehead atoms. The number of hydrogen-bond donors (Lipinski definition) is 2. The zero-order valence-electron chi connectivity index (χ0n) is 14.1. The van der Waals surface area contributed by atoms with Gasteiger partial charge in [0, 0.05) is 24.7 Å². The van der Waals surface area contributed by atoms with Crippen LogP contribution in [0.1, 0.15) is 18.9 Å². The SMILES string of the molecule is C[C@@H]1C[C@H]1C(=O)NCC(=O)NCc1ccnc(Oc2ccccc2)c1. The number of pyridine rings is 1. The summed E-state index contributed by atoms with van der Waals surface area (Å²) in [7, 11) is 0. The largest absolute Gasteiger partial charge is 0.439 e. The van der Waals surface area contributed by atoms with Crippen LogP contribution in [0, 0.1) is 11.8 Å². The third-order valence-corrected chi connectivity index (χ3v) is 4.12. The third-order valence-electron chi connectivity index (χ3n) is 4.12. The van der Waals surface area contributed by atoms with Gasteiger partial charge in [-0.25, -0.2) is 4.98 Å². The van der Waals surface area contributed by atoms with E-state index in [4.69, 9.17) is 4.74 Å². The van der Waals surface area contributed by atoms with Gasteiger partial charge >= 0.3 is 0 Å². The van der Waals surface area contributed by atoms with Crippen LogP contribution in [0.5, 0.6) is 11.6 Å². The van der Waals surface area contributed by atoms with Crippen LogP contribution in [-0.4, -0.2) is 23.3 Å². The molecular weight excluding hydrogens is 318 g/mol. The van der Waals surface area contributed by atoms with Gasteiger partial charge in [-0.05, 0) is 36.1 Å². The van der Waals surface area contributed by atoms with Gasteiger partial charge in [-0.1, -0.05) is 25.1 Å². The van der Waals surface area contributed by atoms with Crippen molar-refractivity contribution in [1.29, 1.82) is 0 Å². The van der Waals surface area contributed by atoms with Crippen molar-refractivity contribution in [1.82, 2.24) is 15.6 Å². The Bertz CT molecular complexity index is 749. The van der Waals surface area contributed by atoms with Gasteiger partial charge in [-0.15, -0.1) is 0 Å². The Hall–Kier alpha value is -2.89. The zero-order chi connectivity index (χ0) is 17.6. The second-order valence-corrected chi connectivity index (χ2v) is 6.23. The molecule has 1 aromatic heterocycles. The van der Waals surface area contributed by atoms with Crippen LogP contribution in [0.25, 0.3) is 0 Å². The fraction of sp³-hybridized carbons (Fsp3) is 0.316. The second kappa shape index (κ2) is 7.79. The summed E-state index contributed by atoms with van der Waals surface area (Å²) < 4.78 is 5.67. The molecule has 2 amide bonds.